The monoisotopic (exact) mass is 460 g/mol. The zero-order valence-corrected chi connectivity index (χ0v) is 17.4. The molecule has 172 valence electrons. The molecule has 2 amide bonds. The van der Waals surface area contributed by atoms with Gasteiger partial charge in [0, 0.05) is 18.7 Å². The van der Waals surface area contributed by atoms with E-state index in [1.54, 1.807) is 0 Å². The number of benzene rings is 2. The number of anilines is 2. The van der Waals surface area contributed by atoms with Gasteiger partial charge in [0.15, 0.2) is 0 Å². The zero-order chi connectivity index (χ0) is 23.6. The normalized spacial score (nSPS) is 16.2. The van der Waals surface area contributed by atoms with Crippen molar-refractivity contribution in [3.8, 4) is 5.75 Å². The fourth-order valence-electron chi connectivity index (χ4n) is 3.55. The number of alkyl halides is 3. The number of carbonyl (C=O) groups is 2. The molecule has 3 aromatic rings. The van der Waals surface area contributed by atoms with Gasteiger partial charge >= 0.3 is 12.4 Å². The summed E-state index contributed by atoms with van der Waals surface area (Å²) in [5, 5.41) is 10.3. The van der Waals surface area contributed by atoms with Crippen molar-refractivity contribution in [2.75, 3.05) is 16.8 Å². The highest BCUT2D eigenvalue weighted by Gasteiger charge is 2.35. The Bertz CT molecular complexity index is 1160. The van der Waals surface area contributed by atoms with Gasteiger partial charge in [-0.1, -0.05) is 29.4 Å². The van der Waals surface area contributed by atoms with Gasteiger partial charge in [-0.25, -0.2) is 0 Å². The van der Waals surface area contributed by atoms with Crippen molar-refractivity contribution in [3.63, 3.8) is 0 Å². The second kappa shape index (κ2) is 8.93. The van der Waals surface area contributed by atoms with E-state index < -0.39 is 12.3 Å². The third-order valence-electron chi connectivity index (χ3n) is 5.16. The molecule has 0 spiro atoms. The molecule has 33 heavy (non-hydrogen) atoms. The molecule has 2 heterocycles. The number of ether oxygens (including phenoxy) is 1. The summed E-state index contributed by atoms with van der Waals surface area (Å²) in [6.07, 6.45) is -4.56. The van der Waals surface area contributed by atoms with Gasteiger partial charge in [-0.15, -0.1) is 18.3 Å². The van der Waals surface area contributed by atoms with Crippen LogP contribution in [0, 0.1) is 6.92 Å². The number of carbonyl (C=O) groups excluding carboxylic acids is 2. The van der Waals surface area contributed by atoms with Crippen LogP contribution in [0.1, 0.15) is 29.4 Å². The Morgan fingerprint density at radius 2 is 1.91 bits per heavy atom. The molecule has 4 rings (SSSR count). The van der Waals surface area contributed by atoms with E-state index in [1.807, 2.05) is 31.2 Å². The van der Waals surface area contributed by atoms with Crippen LogP contribution in [0.15, 0.2) is 52.9 Å². The van der Waals surface area contributed by atoms with E-state index >= 15 is 0 Å². The highest BCUT2D eigenvalue weighted by molar-refractivity contribution is 5.96. The molecule has 8 nitrogen and oxygen atoms in total. The Hall–Kier alpha value is -3.89. The van der Waals surface area contributed by atoms with E-state index in [9.17, 15) is 22.8 Å². The molecular formula is C22H19F3N4O4. The summed E-state index contributed by atoms with van der Waals surface area (Å²) in [6.45, 7) is 2.12. The number of rotatable bonds is 6. The van der Waals surface area contributed by atoms with E-state index in [0.717, 1.165) is 23.3 Å². The van der Waals surface area contributed by atoms with Gasteiger partial charge in [-0.05, 0) is 42.3 Å². The Kier molecular flexibility index (Phi) is 6.03. The lowest BCUT2D eigenvalue weighted by molar-refractivity contribution is -0.274. The Balaban J connectivity index is 1.37. The highest BCUT2D eigenvalue weighted by Crippen LogP contribution is 2.33. The molecule has 1 aliphatic heterocycles. The SMILES string of the molecule is Cc1ccccc1CC(=O)Nc1nnc(C2CC(=O)N(c3ccc(OC(F)(F)F)cc3)C2)o1. The third-order valence-corrected chi connectivity index (χ3v) is 5.16. The van der Waals surface area contributed by atoms with Crippen molar-refractivity contribution in [3.05, 3.63) is 65.5 Å². The number of hydrogen-bond donors (Lipinski definition) is 1. The summed E-state index contributed by atoms with van der Waals surface area (Å²) in [5.74, 6) is -1.16. The van der Waals surface area contributed by atoms with E-state index in [0.29, 0.717) is 5.69 Å². The standard InChI is InChI=1S/C22H19F3N4O4/c1-13-4-2-3-5-14(13)10-18(30)26-21-28-27-20(32-21)15-11-19(31)29(12-15)16-6-8-17(9-7-16)33-22(23,24)25/h2-9,15H,10-12H2,1H3,(H,26,28,30). The number of aromatic nitrogens is 2. The maximum atomic E-state index is 12.4. The smallest absolute Gasteiger partial charge is 0.407 e. The predicted octanol–water partition coefficient (Wildman–Crippen LogP) is 3.98. The average Bonchev–Trinajstić information content (AvgIpc) is 3.36. The maximum Gasteiger partial charge on any atom is 0.573 e. The summed E-state index contributed by atoms with van der Waals surface area (Å²) in [5.41, 5.74) is 2.28. The Morgan fingerprint density at radius 3 is 2.61 bits per heavy atom. The van der Waals surface area contributed by atoms with Crippen LogP contribution in [0.3, 0.4) is 0 Å². The molecule has 2 aromatic carbocycles. The van der Waals surface area contributed by atoms with E-state index in [2.05, 4.69) is 20.3 Å². The minimum Gasteiger partial charge on any atom is -0.407 e. The van der Waals surface area contributed by atoms with Crippen LogP contribution >= 0.6 is 0 Å². The summed E-state index contributed by atoms with van der Waals surface area (Å²) in [7, 11) is 0. The number of amides is 2. The van der Waals surface area contributed by atoms with Crippen LogP contribution in [-0.4, -0.2) is 34.9 Å². The van der Waals surface area contributed by atoms with E-state index in [1.165, 1.54) is 17.0 Å². The van der Waals surface area contributed by atoms with Crippen molar-refractivity contribution in [2.24, 2.45) is 0 Å². The molecule has 0 saturated carbocycles. The minimum absolute atomic E-state index is 0.0665. The molecule has 1 atom stereocenters. The zero-order valence-electron chi connectivity index (χ0n) is 17.4. The first-order chi connectivity index (χ1) is 15.7. The molecule has 1 aliphatic rings. The quantitative estimate of drug-likeness (QED) is 0.598. The van der Waals surface area contributed by atoms with Crippen molar-refractivity contribution in [1.29, 1.82) is 0 Å². The van der Waals surface area contributed by atoms with Crippen LogP contribution in [0.5, 0.6) is 5.75 Å². The lowest BCUT2D eigenvalue weighted by Crippen LogP contribution is -2.24. The van der Waals surface area contributed by atoms with Gasteiger partial charge in [-0.3, -0.25) is 14.9 Å². The summed E-state index contributed by atoms with van der Waals surface area (Å²) in [6, 6.07) is 12.4. The lowest BCUT2D eigenvalue weighted by atomic mass is 10.1. The van der Waals surface area contributed by atoms with Gasteiger partial charge < -0.3 is 14.1 Å². The predicted molar refractivity (Wildman–Crippen MR) is 111 cm³/mol. The fourth-order valence-corrected chi connectivity index (χ4v) is 3.55. The molecule has 1 fully saturated rings. The van der Waals surface area contributed by atoms with Crippen LogP contribution in [0.4, 0.5) is 24.9 Å². The van der Waals surface area contributed by atoms with E-state index in [4.69, 9.17) is 4.42 Å². The Labute approximate surface area is 186 Å². The highest BCUT2D eigenvalue weighted by atomic mass is 19.4. The molecule has 1 unspecified atom stereocenters. The van der Waals surface area contributed by atoms with Crippen molar-refractivity contribution < 1.29 is 31.9 Å². The molecule has 0 aliphatic carbocycles. The van der Waals surface area contributed by atoms with Crippen LogP contribution in [-0.2, 0) is 16.0 Å². The van der Waals surface area contributed by atoms with Gasteiger partial charge in [0.05, 0.1) is 12.3 Å². The minimum atomic E-state index is -4.79. The maximum absolute atomic E-state index is 12.4. The van der Waals surface area contributed by atoms with Crippen molar-refractivity contribution >= 4 is 23.5 Å². The number of nitrogens with one attached hydrogen (secondary N) is 1. The molecule has 1 N–H and O–H groups in total. The van der Waals surface area contributed by atoms with Gasteiger partial charge in [0.25, 0.3) is 0 Å². The number of hydrogen-bond acceptors (Lipinski definition) is 6. The number of nitrogens with zero attached hydrogens (tertiary/aromatic N) is 3. The van der Waals surface area contributed by atoms with Crippen LogP contribution in [0.2, 0.25) is 0 Å². The largest absolute Gasteiger partial charge is 0.573 e. The van der Waals surface area contributed by atoms with Gasteiger partial charge in [0.1, 0.15) is 5.75 Å². The number of halogens is 3. The first-order valence-electron chi connectivity index (χ1n) is 10.0. The third kappa shape index (κ3) is 5.48. The molecule has 1 aromatic heterocycles. The van der Waals surface area contributed by atoms with E-state index in [-0.39, 0.29) is 48.9 Å². The second-order valence-corrected chi connectivity index (χ2v) is 7.54. The topological polar surface area (TPSA) is 97.6 Å². The molecular weight excluding hydrogens is 441 g/mol. The number of aryl methyl sites for hydroxylation is 1. The van der Waals surface area contributed by atoms with Gasteiger partial charge in [0.2, 0.25) is 17.7 Å². The van der Waals surface area contributed by atoms with Crippen molar-refractivity contribution in [2.45, 2.75) is 32.0 Å². The first kappa shape index (κ1) is 22.3. The fraction of sp³-hybridized carbons (Fsp3) is 0.273. The molecule has 1 saturated heterocycles. The van der Waals surface area contributed by atoms with Crippen molar-refractivity contribution in [1.82, 2.24) is 10.2 Å². The summed E-state index contributed by atoms with van der Waals surface area (Å²) >= 11 is 0. The molecule has 0 bridgehead atoms. The summed E-state index contributed by atoms with van der Waals surface area (Å²) in [4.78, 5) is 26.2. The van der Waals surface area contributed by atoms with Gasteiger partial charge in [-0.2, -0.15) is 0 Å². The van der Waals surface area contributed by atoms with Crippen LogP contribution in [0.25, 0.3) is 0 Å². The second-order valence-electron chi connectivity index (χ2n) is 7.54. The lowest BCUT2D eigenvalue weighted by Gasteiger charge is -2.17. The van der Waals surface area contributed by atoms with Crippen LogP contribution < -0.4 is 15.0 Å². The average molecular weight is 460 g/mol. The summed E-state index contributed by atoms with van der Waals surface area (Å²) < 4.78 is 46.3. The Morgan fingerprint density at radius 1 is 1.18 bits per heavy atom. The molecule has 11 heteroatoms. The molecule has 0 radical (unpaired) electrons. The first-order valence-corrected chi connectivity index (χ1v) is 10.0.